The van der Waals surface area contributed by atoms with Gasteiger partial charge in [0.2, 0.25) is 5.91 Å². The Morgan fingerprint density at radius 3 is 2.54 bits per heavy atom. The number of amides is 1. The number of carbonyl (C=O) groups is 2. The van der Waals surface area contributed by atoms with Crippen molar-refractivity contribution in [2.24, 2.45) is 0 Å². The zero-order valence-electron chi connectivity index (χ0n) is 15.3. The van der Waals surface area contributed by atoms with Crippen molar-refractivity contribution in [2.75, 3.05) is 17.3 Å². The fraction of sp³-hybridized carbons (Fsp3) is 0.368. The Kier molecular flexibility index (Phi) is 6.10. The molecule has 2 N–H and O–H groups in total. The van der Waals surface area contributed by atoms with Crippen LogP contribution < -0.4 is 9.42 Å². The topological polar surface area (TPSA) is 104 Å². The maximum Gasteiger partial charge on any atom is 0.524 e. The number of nitrogens with zero attached hydrogens (tertiary/aromatic N) is 1. The number of Topliss-reactive ketones (excluding diaryl/α,β-unsaturated/α-hetero) is 1. The number of rotatable bonds is 7. The molecule has 0 saturated heterocycles. The standard InChI is InChI=1S/C19H21ClNO6P/c1-12(22)5-4-8-18(23)21-11-13(10-20)19-15-7-3-2-6-14(15)17(9-16(19)21)27-28(24,25)26/h2-3,6-7,9,13H,4-5,8,10-11H2,1H3,(H2,24,25,26). The number of phosphoric ester groups is 1. The van der Waals surface area contributed by atoms with Gasteiger partial charge >= 0.3 is 7.82 Å². The molecule has 0 saturated carbocycles. The first-order chi connectivity index (χ1) is 13.2. The van der Waals surface area contributed by atoms with E-state index in [1.54, 1.807) is 17.0 Å². The summed E-state index contributed by atoms with van der Waals surface area (Å²) in [6.07, 6.45) is 0.982. The summed E-state index contributed by atoms with van der Waals surface area (Å²) >= 11 is 6.16. The van der Waals surface area contributed by atoms with Crippen LogP contribution in [0, 0.1) is 0 Å². The lowest BCUT2D eigenvalue weighted by Gasteiger charge is -2.19. The second kappa shape index (κ2) is 8.21. The van der Waals surface area contributed by atoms with E-state index in [9.17, 15) is 23.9 Å². The number of ketones is 1. The van der Waals surface area contributed by atoms with Gasteiger partial charge in [-0.15, -0.1) is 11.6 Å². The summed E-state index contributed by atoms with van der Waals surface area (Å²) in [5, 5.41) is 1.29. The molecule has 3 rings (SSSR count). The number of alkyl halides is 1. The maximum atomic E-state index is 12.8. The highest BCUT2D eigenvalue weighted by Gasteiger charge is 2.35. The van der Waals surface area contributed by atoms with Crippen molar-refractivity contribution >= 4 is 47.6 Å². The fourth-order valence-electron chi connectivity index (χ4n) is 3.60. The second-order valence-electron chi connectivity index (χ2n) is 6.85. The Balaban J connectivity index is 2.06. The zero-order chi connectivity index (χ0) is 20.5. The summed E-state index contributed by atoms with van der Waals surface area (Å²) in [5.41, 5.74) is 1.41. The Bertz CT molecular complexity index is 972. The molecule has 2 aromatic rings. The molecule has 2 aromatic carbocycles. The molecule has 1 unspecified atom stereocenters. The van der Waals surface area contributed by atoms with Gasteiger partial charge in [0, 0.05) is 42.6 Å². The molecule has 1 aliphatic heterocycles. The van der Waals surface area contributed by atoms with Gasteiger partial charge in [0.05, 0.1) is 5.69 Å². The quantitative estimate of drug-likeness (QED) is 0.517. The van der Waals surface area contributed by atoms with Crippen LogP contribution in [0.5, 0.6) is 5.75 Å². The minimum atomic E-state index is -4.78. The lowest BCUT2D eigenvalue weighted by atomic mass is 9.95. The van der Waals surface area contributed by atoms with Crippen LogP contribution in [0.3, 0.4) is 0 Å². The summed E-state index contributed by atoms with van der Waals surface area (Å²) < 4.78 is 16.3. The third kappa shape index (κ3) is 4.39. The molecule has 0 bridgehead atoms. The highest BCUT2D eigenvalue weighted by molar-refractivity contribution is 7.46. The highest BCUT2D eigenvalue weighted by atomic mass is 35.5. The average Bonchev–Trinajstić information content (AvgIpc) is 2.99. The van der Waals surface area contributed by atoms with Gasteiger partial charge in [-0.3, -0.25) is 14.6 Å². The van der Waals surface area contributed by atoms with Gasteiger partial charge in [-0.25, -0.2) is 4.57 Å². The van der Waals surface area contributed by atoms with E-state index in [4.69, 9.17) is 16.1 Å². The second-order valence-corrected chi connectivity index (χ2v) is 8.32. The molecular weight excluding hydrogens is 405 g/mol. The lowest BCUT2D eigenvalue weighted by Crippen LogP contribution is -2.29. The Labute approximate surface area is 167 Å². The molecule has 9 heteroatoms. The van der Waals surface area contributed by atoms with Crippen LogP contribution in [-0.2, 0) is 14.2 Å². The number of anilines is 1. The zero-order valence-corrected chi connectivity index (χ0v) is 16.9. The summed E-state index contributed by atoms with van der Waals surface area (Å²) in [6.45, 7) is 1.86. The minimum absolute atomic E-state index is 0.0134. The Morgan fingerprint density at radius 1 is 1.25 bits per heavy atom. The first-order valence-electron chi connectivity index (χ1n) is 8.88. The summed E-state index contributed by atoms with van der Waals surface area (Å²) in [4.78, 5) is 44.0. The van der Waals surface area contributed by atoms with Crippen molar-refractivity contribution in [2.45, 2.75) is 32.1 Å². The molecule has 0 fully saturated rings. The van der Waals surface area contributed by atoms with Crippen LogP contribution in [0.15, 0.2) is 30.3 Å². The van der Waals surface area contributed by atoms with E-state index in [0.29, 0.717) is 36.3 Å². The van der Waals surface area contributed by atoms with E-state index < -0.39 is 7.82 Å². The maximum absolute atomic E-state index is 12.8. The first kappa shape index (κ1) is 20.8. The number of benzene rings is 2. The van der Waals surface area contributed by atoms with Gasteiger partial charge in [-0.1, -0.05) is 24.3 Å². The largest absolute Gasteiger partial charge is 0.524 e. The molecular formula is C19H21ClNO6P. The van der Waals surface area contributed by atoms with Crippen LogP contribution in [0.25, 0.3) is 10.8 Å². The molecule has 0 aliphatic carbocycles. The number of hydrogen-bond acceptors (Lipinski definition) is 4. The molecule has 1 atom stereocenters. The molecule has 7 nitrogen and oxygen atoms in total. The highest BCUT2D eigenvalue weighted by Crippen LogP contribution is 2.49. The average molecular weight is 426 g/mol. The molecule has 28 heavy (non-hydrogen) atoms. The Hall–Kier alpha value is -1.92. The van der Waals surface area contributed by atoms with Gasteiger partial charge < -0.3 is 14.2 Å². The van der Waals surface area contributed by atoms with E-state index >= 15 is 0 Å². The van der Waals surface area contributed by atoms with Gasteiger partial charge in [-0.05, 0) is 24.3 Å². The fourth-order valence-corrected chi connectivity index (χ4v) is 4.26. The van der Waals surface area contributed by atoms with Crippen LogP contribution in [-0.4, -0.2) is 33.9 Å². The monoisotopic (exact) mass is 425 g/mol. The molecule has 0 spiro atoms. The molecule has 1 aliphatic rings. The smallest absolute Gasteiger partial charge is 0.404 e. The molecule has 150 valence electrons. The SMILES string of the molecule is CC(=O)CCCC(=O)N1CC(CCl)c2c1cc(OP(=O)(O)O)c1ccccc21. The number of phosphoric acid groups is 1. The van der Waals surface area contributed by atoms with Gasteiger partial charge in [0.25, 0.3) is 0 Å². The van der Waals surface area contributed by atoms with E-state index in [0.717, 1.165) is 10.9 Å². The van der Waals surface area contributed by atoms with Crippen molar-refractivity contribution in [3.8, 4) is 5.75 Å². The van der Waals surface area contributed by atoms with Gasteiger partial charge in [-0.2, -0.15) is 0 Å². The Morgan fingerprint density at radius 2 is 1.93 bits per heavy atom. The summed E-state index contributed by atoms with van der Waals surface area (Å²) in [5.74, 6) is 0.0680. The minimum Gasteiger partial charge on any atom is -0.404 e. The van der Waals surface area contributed by atoms with E-state index in [1.165, 1.54) is 13.0 Å². The van der Waals surface area contributed by atoms with Crippen molar-refractivity contribution in [3.05, 3.63) is 35.9 Å². The van der Waals surface area contributed by atoms with Crippen LogP contribution in [0.1, 0.15) is 37.7 Å². The van der Waals surface area contributed by atoms with Gasteiger partial charge in [0.1, 0.15) is 11.5 Å². The van der Waals surface area contributed by atoms with Crippen molar-refractivity contribution in [3.63, 3.8) is 0 Å². The predicted molar refractivity (Wildman–Crippen MR) is 107 cm³/mol. The van der Waals surface area contributed by atoms with Crippen molar-refractivity contribution in [1.29, 1.82) is 0 Å². The number of halogens is 1. The molecule has 1 amide bonds. The third-order valence-electron chi connectivity index (χ3n) is 4.75. The molecule has 0 aromatic heterocycles. The first-order valence-corrected chi connectivity index (χ1v) is 10.9. The van der Waals surface area contributed by atoms with E-state index in [1.807, 2.05) is 12.1 Å². The van der Waals surface area contributed by atoms with Crippen molar-refractivity contribution < 1.29 is 28.5 Å². The lowest BCUT2D eigenvalue weighted by molar-refractivity contribution is -0.119. The van der Waals surface area contributed by atoms with Gasteiger partial charge in [0.15, 0.2) is 0 Å². The van der Waals surface area contributed by atoms with E-state index in [2.05, 4.69) is 0 Å². The normalized spacial score (nSPS) is 16.3. The van der Waals surface area contributed by atoms with Crippen LogP contribution in [0.4, 0.5) is 5.69 Å². The van der Waals surface area contributed by atoms with Crippen LogP contribution in [0.2, 0.25) is 0 Å². The summed E-state index contributed by atoms with van der Waals surface area (Å²) in [7, 11) is -4.78. The predicted octanol–water partition coefficient (Wildman–Crippen LogP) is 3.74. The number of fused-ring (bicyclic) bond motifs is 3. The third-order valence-corrected chi connectivity index (χ3v) is 5.56. The van der Waals surface area contributed by atoms with Crippen molar-refractivity contribution in [1.82, 2.24) is 0 Å². The number of hydrogen-bond donors (Lipinski definition) is 2. The molecule has 1 heterocycles. The van der Waals surface area contributed by atoms with Crippen LogP contribution >= 0.6 is 19.4 Å². The number of carbonyl (C=O) groups excluding carboxylic acids is 2. The van der Waals surface area contributed by atoms with E-state index in [-0.39, 0.29) is 29.8 Å². The molecule has 0 radical (unpaired) electrons. The summed E-state index contributed by atoms with van der Waals surface area (Å²) in [6, 6.07) is 8.59.